The SMILES string of the molecule is CCCCCNC(C)(c1ccccc1)c1ccccc1. The Morgan fingerprint density at radius 3 is 1.75 bits per heavy atom. The van der Waals surface area contributed by atoms with Gasteiger partial charge in [-0.1, -0.05) is 80.4 Å². The fraction of sp³-hybridized carbons (Fsp3) is 0.368. The van der Waals surface area contributed by atoms with Gasteiger partial charge in [-0.2, -0.15) is 0 Å². The zero-order valence-electron chi connectivity index (χ0n) is 12.6. The van der Waals surface area contributed by atoms with Crippen LogP contribution in [0, 0.1) is 0 Å². The summed E-state index contributed by atoms with van der Waals surface area (Å²) in [6.07, 6.45) is 3.77. The highest BCUT2D eigenvalue weighted by molar-refractivity contribution is 5.37. The van der Waals surface area contributed by atoms with Crippen molar-refractivity contribution in [2.45, 2.75) is 38.6 Å². The van der Waals surface area contributed by atoms with Crippen LogP contribution >= 0.6 is 0 Å². The normalized spacial score (nSPS) is 11.5. The van der Waals surface area contributed by atoms with E-state index in [0.29, 0.717) is 0 Å². The van der Waals surface area contributed by atoms with Crippen molar-refractivity contribution in [3.63, 3.8) is 0 Å². The van der Waals surface area contributed by atoms with Crippen LogP contribution < -0.4 is 5.32 Å². The van der Waals surface area contributed by atoms with Gasteiger partial charge in [0.25, 0.3) is 0 Å². The van der Waals surface area contributed by atoms with Gasteiger partial charge in [0.05, 0.1) is 5.54 Å². The molecule has 0 bridgehead atoms. The Morgan fingerprint density at radius 1 is 0.800 bits per heavy atom. The van der Waals surface area contributed by atoms with E-state index in [4.69, 9.17) is 0 Å². The number of benzene rings is 2. The van der Waals surface area contributed by atoms with Crippen molar-refractivity contribution in [1.82, 2.24) is 5.32 Å². The van der Waals surface area contributed by atoms with Crippen molar-refractivity contribution in [2.24, 2.45) is 0 Å². The standard InChI is InChI=1S/C19H25N/c1-3-4-11-16-20-19(2,17-12-7-5-8-13-17)18-14-9-6-10-15-18/h5-10,12-15,20H,3-4,11,16H2,1-2H3. The number of nitrogens with one attached hydrogen (secondary N) is 1. The molecule has 106 valence electrons. The van der Waals surface area contributed by atoms with Crippen molar-refractivity contribution in [2.75, 3.05) is 6.54 Å². The molecule has 2 rings (SSSR count). The topological polar surface area (TPSA) is 12.0 Å². The van der Waals surface area contributed by atoms with E-state index in [0.717, 1.165) is 6.54 Å². The Kier molecular flexibility index (Phi) is 5.37. The Labute approximate surface area is 123 Å². The molecule has 0 atom stereocenters. The predicted octanol–water partition coefficient (Wildman–Crippen LogP) is 4.73. The molecular formula is C19H25N. The molecule has 0 unspecified atom stereocenters. The van der Waals surface area contributed by atoms with Crippen molar-refractivity contribution >= 4 is 0 Å². The van der Waals surface area contributed by atoms with E-state index < -0.39 is 0 Å². The summed E-state index contributed by atoms with van der Waals surface area (Å²) in [5.41, 5.74) is 2.53. The highest BCUT2D eigenvalue weighted by Crippen LogP contribution is 2.29. The summed E-state index contributed by atoms with van der Waals surface area (Å²) in [6.45, 7) is 5.57. The van der Waals surface area contributed by atoms with Crippen LogP contribution in [0.15, 0.2) is 60.7 Å². The Bertz CT molecular complexity index is 450. The fourth-order valence-electron chi connectivity index (χ4n) is 2.63. The van der Waals surface area contributed by atoms with Crippen molar-refractivity contribution in [3.05, 3.63) is 71.8 Å². The quantitative estimate of drug-likeness (QED) is 0.715. The molecule has 0 radical (unpaired) electrons. The first kappa shape index (κ1) is 14.8. The van der Waals surface area contributed by atoms with E-state index in [1.54, 1.807) is 0 Å². The van der Waals surface area contributed by atoms with Crippen LogP contribution in [0.5, 0.6) is 0 Å². The van der Waals surface area contributed by atoms with Crippen LogP contribution in [0.3, 0.4) is 0 Å². The van der Waals surface area contributed by atoms with Crippen LogP contribution in [0.4, 0.5) is 0 Å². The van der Waals surface area contributed by atoms with Crippen molar-refractivity contribution < 1.29 is 0 Å². The first-order chi connectivity index (χ1) is 9.77. The third-order valence-electron chi connectivity index (χ3n) is 3.96. The lowest BCUT2D eigenvalue weighted by Crippen LogP contribution is -2.41. The monoisotopic (exact) mass is 267 g/mol. The molecule has 0 fully saturated rings. The van der Waals surface area contributed by atoms with E-state index in [1.165, 1.54) is 30.4 Å². The second-order valence-corrected chi connectivity index (χ2v) is 5.49. The first-order valence-corrected chi connectivity index (χ1v) is 7.63. The van der Waals surface area contributed by atoms with Gasteiger partial charge in [0.15, 0.2) is 0 Å². The molecule has 20 heavy (non-hydrogen) atoms. The van der Waals surface area contributed by atoms with E-state index in [9.17, 15) is 0 Å². The fourth-order valence-corrected chi connectivity index (χ4v) is 2.63. The lowest BCUT2D eigenvalue weighted by atomic mass is 9.84. The molecule has 0 heterocycles. The zero-order chi connectivity index (χ0) is 14.3. The molecule has 0 saturated carbocycles. The van der Waals surface area contributed by atoms with Crippen LogP contribution in [-0.4, -0.2) is 6.54 Å². The molecular weight excluding hydrogens is 242 g/mol. The average Bonchev–Trinajstić information content (AvgIpc) is 2.53. The van der Waals surface area contributed by atoms with E-state index in [1.807, 2.05) is 0 Å². The molecule has 0 aliphatic carbocycles. The number of hydrogen-bond acceptors (Lipinski definition) is 1. The molecule has 1 N–H and O–H groups in total. The van der Waals surface area contributed by atoms with Gasteiger partial charge in [0, 0.05) is 0 Å². The Balaban J connectivity index is 2.24. The van der Waals surface area contributed by atoms with Crippen molar-refractivity contribution in [1.29, 1.82) is 0 Å². The van der Waals surface area contributed by atoms with Crippen LogP contribution in [0.2, 0.25) is 0 Å². The van der Waals surface area contributed by atoms with Gasteiger partial charge in [0.2, 0.25) is 0 Å². The molecule has 0 aromatic heterocycles. The van der Waals surface area contributed by atoms with Gasteiger partial charge in [-0.05, 0) is 31.0 Å². The minimum atomic E-state index is -0.115. The highest BCUT2D eigenvalue weighted by Gasteiger charge is 2.27. The summed E-state index contributed by atoms with van der Waals surface area (Å²) in [5.74, 6) is 0. The first-order valence-electron chi connectivity index (χ1n) is 7.63. The van der Waals surface area contributed by atoms with Crippen LogP contribution in [-0.2, 0) is 5.54 Å². The Morgan fingerprint density at radius 2 is 1.30 bits per heavy atom. The summed E-state index contributed by atoms with van der Waals surface area (Å²) in [4.78, 5) is 0. The highest BCUT2D eigenvalue weighted by atomic mass is 15.0. The number of rotatable bonds is 7. The van der Waals surface area contributed by atoms with Gasteiger partial charge in [-0.15, -0.1) is 0 Å². The molecule has 0 saturated heterocycles. The average molecular weight is 267 g/mol. The molecule has 0 aliphatic rings. The third kappa shape index (κ3) is 3.49. The van der Waals surface area contributed by atoms with Gasteiger partial charge < -0.3 is 5.32 Å². The summed E-state index contributed by atoms with van der Waals surface area (Å²) >= 11 is 0. The maximum atomic E-state index is 3.76. The molecule has 1 nitrogen and oxygen atoms in total. The van der Waals surface area contributed by atoms with Crippen LogP contribution in [0.25, 0.3) is 0 Å². The third-order valence-corrected chi connectivity index (χ3v) is 3.96. The second kappa shape index (κ2) is 7.25. The maximum absolute atomic E-state index is 3.76. The summed E-state index contributed by atoms with van der Waals surface area (Å²) in [7, 11) is 0. The molecule has 2 aromatic carbocycles. The second-order valence-electron chi connectivity index (χ2n) is 5.49. The molecule has 2 aromatic rings. The molecule has 0 aliphatic heterocycles. The smallest absolute Gasteiger partial charge is 0.0661 e. The van der Waals surface area contributed by atoms with E-state index in [2.05, 4.69) is 79.8 Å². The Hall–Kier alpha value is -1.60. The number of hydrogen-bond donors (Lipinski definition) is 1. The summed E-state index contributed by atoms with van der Waals surface area (Å²) < 4.78 is 0. The van der Waals surface area contributed by atoms with Gasteiger partial charge in [0.1, 0.15) is 0 Å². The molecule has 0 spiro atoms. The predicted molar refractivity (Wildman–Crippen MR) is 86.9 cm³/mol. The van der Waals surface area contributed by atoms with E-state index in [-0.39, 0.29) is 5.54 Å². The summed E-state index contributed by atoms with van der Waals surface area (Å²) in [5, 5.41) is 3.76. The van der Waals surface area contributed by atoms with Gasteiger partial charge in [-0.25, -0.2) is 0 Å². The summed E-state index contributed by atoms with van der Waals surface area (Å²) in [6, 6.07) is 21.4. The minimum absolute atomic E-state index is 0.115. The van der Waals surface area contributed by atoms with Crippen molar-refractivity contribution in [3.8, 4) is 0 Å². The largest absolute Gasteiger partial charge is 0.304 e. The maximum Gasteiger partial charge on any atom is 0.0661 e. The molecule has 0 amide bonds. The van der Waals surface area contributed by atoms with Gasteiger partial charge >= 0.3 is 0 Å². The molecule has 1 heteroatoms. The van der Waals surface area contributed by atoms with Gasteiger partial charge in [-0.3, -0.25) is 0 Å². The number of unbranched alkanes of at least 4 members (excludes halogenated alkanes) is 2. The zero-order valence-corrected chi connectivity index (χ0v) is 12.6. The lowest BCUT2D eigenvalue weighted by Gasteiger charge is -2.32. The van der Waals surface area contributed by atoms with E-state index >= 15 is 0 Å². The minimum Gasteiger partial charge on any atom is -0.304 e. The van der Waals surface area contributed by atoms with Crippen LogP contribution in [0.1, 0.15) is 44.2 Å². The lowest BCUT2D eigenvalue weighted by molar-refractivity contribution is 0.429.